The van der Waals surface area contributed by atoms with Gasteiger partial charge in [-0.25, -0.2) is 0 Å². The van der Waals surface area contributed by atoms with Gasteiger partial charge in [0.05, 0.1) is 6.17 Å². The molecule has 13 heavy (non-hydrogen) atoms. The Balaban J connectivity index is 2.83. The highest BCUT2D eigenvalue weighted by Crippen LogP contribution is 2.20. The molecule has 1 unspecified atom stereocenters. The molecule has 4 nitrogen and oxygen atoms in total. The van der Waals surface area contributed by atoms with Gasteiger partial charge in [0.1, 0.15) is 0 Å². The maximum atomic E-state index is 5.73. The molecule has 0 amide bonds. The van der Waals surface area contributed by atoms with Gasteiger partial charge in [-0.2, -0.15) is 0 Å². The van der Waals surface area contributed by atoms with Gasteiger partial charge in [-0.15, -0.1) is 0 Å². The van der Waals surface area contributed by atoms with Crippen LogP contribution in [-0.4, -0.2) is 12.7 Å². The molecule has 0 saturated heterocycles. The van der Waals surface area contributed by atoms with Gasteiger partial charge in [-0.3, -0.25) is 0 Å². The number of hydrogen-bond acceptors (Lipinski definition) is 4. The number of nitrogens with two attached hydrogens (primary N) is 3. The molecule has 0 spiro atoms. The van der Waals surface area contributed by atoms with E-state index in [0.717, 1.165) is 16.9 Å². The number of nitrogen functional groups attached to an aromatic ring is 1. The summed E-state index contributed by atoms with van der Waals surface area (Å²) in [4.78, 5) is 0. The molecule has 72 valence electrons. The van der Waals surface area contributed by atoms with Crippen LogP contribution in [0.4, 0.5) is 11.4 Å². The minimum Gasteiger partial charge on any atom is -0.398 e. The van der Waals surface area contributed by atoms with E-state index >= 15 is 0 Å². The molecule has 1 rings (SSSR count). The van der Waals surface area contributed by atoms with Gasteiger partial charge in [-0.1, -0.05) is 6.07 Å². The van der Waals surface area contributed by atoms with Crippen LogP contribution in [0.2, 0.25) is 0 Å². The molecule has 0 heterocycles. The van der Waals surface area contributed by atoms with Gasteiger partial charge in [-0.05, 0) is 24.6 Å². The second-order valence-electron chi connectivity index (χ2n) is 3.01. The molecular formula is C9H16N4. The molecule has 0 aliphatic carbocycles. The predicted molar refractivity (Wildman–Crippen MR) is 56.2 cm³/mol. The monoisotopic (exact) mass is 180 g/mol. The van der Waals surface area contributed by atoms with Crippen LogP contribution in [0.5, 0.6) is 0 Å². The van der Waals surface area contributed by atoms with Crippen LogP contribution in [-0.2, 0) is 0 Å². The van der Waals surface area contributed by atoms with Gasteiger partial charge in [0.25, 0.3) is 0 Å². The topological polar surface area (TPSA) is 90.1 Å². The van der Waals surface area contributed by atoms with Crippen molar-refractivity contribution in [1.82, 2.24) is 0 Å². The summed E-state index contributed by atoms with van der Waals surface area (Å²) < 4.78 is 0. The molecule has 1 aromatic rings. The van der Waals surface area contributed by atoms with E-state index in [1.807, 2.05) is 25.1 Å². The van der Waals surface area contributed by atoms with Crippen molar-refractivity contribution in [3.8, 4) is 0 Å². The molecular weight excluding hydrogens is 164 g/mol. The maximum absolute atomic E-state index is 5.73. The van der Waals surface area contributed by atoms with Crippen molar-refractivity contribution >= 4 is 11.4 Å². The van der Waals surface area contributed by atoms with E-state index in [9.17, 15) is 0 Å². The van der Waals surface area contributed by atoms with Crippen LogP contribution in [0.25, 0.3) is 0 Å². The van der Waals surface area contributed by atoms with Gasteiger partial charge in [0.15, 0.2) is 0 Å². The average Bonchev–Trinajstić information content (AvgIpc) is 2.13. The molecule has 0 bridgehead atoms. The Bertz CT molecular complexity index is 285. The number of rotatable bonds is 3. The lowest BCUT2D eigenvalue weighted by Gasteiger charge is -2.15. The van der Waals surface area contributed by atoms with Gasteiger partial charge < -0.3 is 22.5 Å². The van der Waals surface area contributed by atoms with E-state index in [1.54, 1.807) is 0 Å². The zero-order valence-corrected chi connectivity index (χ0v) is 7.75. The second kappa shape index (κ2) is 4.11. The smallest absolute Gasteiger partial charge is 0.0868 e. The molecule has 1 atom stereocenters. The number of anilines is 2. The number of benzene rings is 1. The van der Waals surface area contributed by atoms with E-state index < -0.39 is 0 Å². The Hall–Kier alpha value is -1.26. The molecule has 4 heteroatoms. The molecule has 1 aromatic carbocycles. The highest BCUT2D eigenvalue weighted by atomic mass is 15.0. The Kier molecular flexibility index (Phi) is 3.11. The van der Waals surface area contributed by atoms with E-state index in [0.29, 0.717) is 6.54 Å². The minimum atomic E-state index is -0.222. The van der Waals surface area contributed by atoms with E-state index in [2.05, 4.69) is 5.32 Å². The summed E-state index contributed by atoms with van der Waals surface area (Å²) in [5.41, 5.74) is 19.5. The summed E-state index contributed by atoms with van der Waals surface area (Å²) in [6.45, 7) is 2.34. The highest BCUT2D eigenvalue weighted by Gasteiger charge is 2.03. The van der Waals surface area contributed by atoms with Crippen molar-refractivity contribution < 1.29 is 0 Å². The molecule has 7 N–H and O–H groups in total. The zero-order chi connectivity index (χ0) is 9.84. The molecule has 0 aliphatic heterocycles. The fourth-order valence-electron chi connectivity index (χ4n) is 1.07. The SMILES string of the molecule is Cc1c(N)cccc1NC(N)CN. The van der Waals surface area contributed by atoms with Crippen LogP contribution in [0.15, 0.2) is 18.2 Å². The molecule has 0 aliphatic rings. The summed E-state index contributed by atoms with van der Waals surface area (Å²) >= 11 is 0. The van der Waals surface area contributed by atoms with Crippen LogP contribution in [0, 0.1) is 6.92 Å². The van der Waals surface area contributed by atoms with Gasteiger partial charge in [0, 0.05) is 17.9 Å². The second-order valence-corrected chi connectivity index (χ2v) is 3.01. The summed E-state index contributed by atoms with van der Waals surface area (Å²) in [5.74, 6) is 0. The fourth-order valence-corrected chi connectivity index (χ4v) is 1.07. The summed E-state index contributed by atoms with van der Waals surface area (Å²) in [7, 11) is 0. The zero-order valence-electron chi connectivity index (χ0n) is 7.75. The number of nitrogens with one attached hydrogen (secondary N) is 1. The minimum absolute atomic E-state index is 0.222. The Morgan fingerprint density at radius 3 is 2.77 bits per heavy atom. The fraction of sp³-hybridized carbons (Fsp3) is 0.333. The van der Waals surface area contributed by atoms with Gasteiger partial charge in [0.2, 0.25) is 0 Å². The standard InChI is InChI=1S/C9H16N4/c1-6-7(11)3-2-4-8(6)13-9(12)5-10/h2-4,9,13H,5,10-12H2,1H3. The van der Waals surface area contributed by atoms with E-state index in [1.165, 1.54) is 0 Å². The maximum Gasteiger partial charge on any atom is 0.0868 e. The largest absolute Gasteiger partial charge is 0.398 e. The van der Waals surface area contributed by atoms with Crippen LogP contribution < -0.4 is 22.5 Å². The van der Waals surface area contributed by atoms with Crippen LogP contribution in [0.3, 0.4) is 0 Å². The predicted octanol–water partition coefficient (Wildman–Crippen LogP) is 0.233. The first-order chi connectivity index (χ1) is 6.15. The van der Waals surface area contributed by atoms with Gasteiger partial charge >= 0.3 is 0 Å². The van der Waals surface area contributed by atoms with E-state index in [-0.39, 0.29) is 6.17 Å². The molecule has 0 fully saturated rings. The summed E-state index contributed by atoms with van der Waals surface area (Å²) in [6.07, 6.45) is -0.222. The first-order valence-corrected chi connectivity index (χ1v) is 4.22. The lowest BCUT2D eigenvalue weighted by molar-refractivity contribution is 0.767. The Labute approximate surface area is 78.1 Å². The summed E-state index contributed by atoms with van der Waals surface area (Å²) in [5, 5.41) is 3.07. The third kappa shape index (κ3) is 2.34. The number of hydrogen-bond donors (Lipinski definition) is 4. The van der Waals surface area contributed by atoms with E-state index in [4.69, 9.17) is 17.2 Å². The quantitative estimate of drug-likeness (QED) is 0.396. The molecule has 0 saturated carbocycles. The first-order valence-electron chi connectivity index (χ1n) is 4.22. The van der Waals surface area contributed by atoms with Crippen molar-refractivity contribution in [2.24, 2.45) is 11.5 Å². The summed E-state index contributed by atoms with van der Waals surface area (Å²) in [6, 6.07) is 5.67. The normalized spacial score (nSPS) is 12.5. The van der Waals surface area contributed by atoms with Crippen LogP contribution >= 0.6 is 0 Å². The average molecular weight is 180 g/mol. The van der Waals surface area contributed by atoms with Crippen molar-refractivity contribution in [1.29, 1.82) is 0 Å². The Morgan fingerprint density at radius 2 is 2.15 bits per heavy atom. The highest BCUT2D eigenvalue weighted by molar-refractivity contribution is 5.62. The third-order valence-corrected chi connectivity index (χ3v) is 1.97. The third-order valence-electron chi connectivity index (χ3n) is 1.97. The first kappa shape index (κ1) is 9.83. The van der Waals surface area contributed by atoms with Crippen molar-refractivity contribution in [3.05, 3.63) is 23.8 Å². The van der Waals surface area contributed by atoms with Crippen molar-refractivity contribution in [3.63, 3.8) is 0 Å². The lowest BCUT2D eigenvalue weighted by Crippen LogP contribution is -2.37. The van der Waals surface area contributed by atoms with Crippen molar-refractivity contribution in [2.75, 3.05) is 17.6 Å². The molecule has 0 radical (unpaired) electrons. The Morgan fingerprint density at radius 1 is 1.46 bits per heavy atom. The van der Waals surface area contributed by atoms with Crippen LogP contribution in [0.1, 0.15) is 5.56 Å². The van der Waals surface area contributed by atoms with Crippen molar-refractivity contribution in [2.45, 2.75) is 13.1 Å². The lowest BCUT2D eigenvalue weighted by atomic mass is 10.1. The molecule has 0 aromatic heterocycles.